The molecular formula is C18H28N2O. The highest BCUT2D eigenvalue weighted by molar-refractivity contribution is 5.75. The average Bonchev–Trinajstić information content (AvgIpc) is 2.41. The van der Waals surface area contributed by atoms with E-state index in [4.69, 9.17) is 0 Å². The maximum absolute atomic E-state index is 12.4. The normalized spacial score (nSPS) is 12.4. The molecule has 0 bridgehead atoms. The minimum atomic E-state index is -0.0579. The fraction of sp³-hybridized carbons (Fsp3) is 0.500. The molecule has 0 fully saturated rings. The van der Waals surface area contributed by atoms with E-state index < -0.39 is 0 Å². The molecule has 0 unspecified atom stereocenters. The van der Waals surface area contributed by atoms with Crippen LogP contribution in [-0.2, 0) is 6.54 Å². The Morgan fingerprint density at radius 3 is 2.29 bits per heavy atom. The van der Waals surface area contributed by atoms with Crippen molar-refractivity contribution in [2.45, 2.75) is 54.1 Å². The van der Waals surface area contributed by atoms with Crippen molar-refractivity contribution in [3.8, 4) is 0 Å². The second-order valence-electron chi connectivity index (χ2n) is 6.73. The molecule has 0 atom stereocenters. The second kappa shape index (κ2) is 7.30. The van der Waals surface area contributed by atoms with Crippen molar-refractivity contribution in [1.29, 1.82) is 0 Å². The van der Waals surface area contributed by atoms with Gasteiger partial charge in [-0.05, 0) is 31.7 Å². The lowest BCUT2D eigenvalue weighted by Crippen LogP contribution is -2.41. The quantitative estimate of drug-likeness (QED) is 0.865. The molecule has 3 nitrogen and oxygen atoms in total. The zero-order valence-electron chi connectivity index (χ0n) is 14.1. The van der Waals surface area contributed by atoms with E-state index in [0.717, 1.165) is 11.1 Å². The van der Waals surface area contributed by atoms with Gasteiger partial charge >= 0.3 is 6.03 Å². The van der Waals surface area contributed by atoms with Crippen LogP contribution in [0, 0.1) is 5.41 Å². The van der Waals surface area contributed by atoms with Gasteiger partial charge in [0.25, 0.3) is 0 Å². The summed E-state index contributed by atoms with van der Waals surface area (Å²) in [7, 11) is 0. The number of benzene rings is 1. The predicted molar refractivity (Wildman–Crippen MR) is 88.9 cm³/mol. The van der Waals surface area contributed by atoms with Crippen molar-refractivity contribution >= 4 is 6.03 Å². The van der Waals surface area contributed by atoms with Gasteiger partial charge in [-0.25, -0.2) is 4.79 Å². The van der Waals surface area contributed by atoms with Gasteiger partial charge in [0.05, 0.1) is 0 Å². The Bertz CT molecular complexity index is 484. The van der Waals surface area contributed by atoms with Gasteiger partial charge in [0, 0.05) is 18.8 Å². The first-order chi connectivity index (χ1) is 9.71. The van der Waals surface area contributed by atoms with Crippen LogP contribution in [0.15, 0.2) is 42.1 Å². The fourth-order valence-corrected chi connectivity index (χ4v) is 1.74. The first-order valence-corrected chi connectivity index (χ1v) is 7.50. The van der Waals surface area contributed by atoms with Crippen LogP contribution in [0.4, 0.5) is 4.79 Å². The van der Waals surface area contributed by atoms with Crippen LogP contribution in [0.2, 0.25) is 0 Å². The summed E-state index contributed by atoms with van der Waals surface area (Å²) >= 11 is 0. The topological polar surface area (TPSA) is 32.3 Å². The highest BCUT2D eigenvalue weighted by atomic mass is 16.2. The van der Waals surface area contributed by atoms with Crippen molar-refractivity contribution in [2.75, 3.05) is 0 Å². The summed E-state index contributed by atoms with van der Waals surface area (Å²) in [5.41, 5.74) is 2.35. The summed E-state index contributed by atoms with van der Waals surface area (Å²) in [6, 6.07) is 10.1. The Morgan fingerprint density at radius 2 is 1.81 bits per heavy atom. The molecule has 0 spiro atoms. The fourth-order valence-electron chi connectivity index (χ4n) is 1.74. The van der Waals surface area contributed by atoms with Crippen molar-refractivity contribution < 1.29 is 4.79 Å². The van der Waals surface area contributed by atoms with Gasteiger partial charge in [-0.2, -0.15) is 0 Å². The summed E-state index contributed by atoms with van der Waals surface area (Å²) in [6.45, 7) is 13.1. The summed E-state index contributed by atoms with van der Waals surface area (Å²) in [6.07, 6.45) is 1.82. The van der Waals surface area contributed by atoms with Gasteiger partial charge in [0.15, 0.2) is 0 Å². The van der Waals surface area contributed by atoms with E-state index in [9.17, 15) is 4.79 Å². The summed E-state index contributed by atoms with van der Waals surface area (Å²) in [5, 5.41) is 2.92. The maximum atomic E-state index is 12.4. The van der Waals surface area contributed by atoms with E-state index >= 15 is 0 Å². The maximum Gasteiger partial charge on any atom is 0.321 e. The molecule has 0 aromatic heterocycles. The lowest BCUT2D eigenvalue weighted by Gasteiger charge is -2.27. The van der Waals surface area contributed by atoms with E-state index in [1.54, 1.807) is 0 Å². The molecule has 1 aromatic rings. The molecule has 1 aromatic carbocycles. The molecule has 1 N–H and O–H groups in total. The zero-order valence-corrected chi connectivity index (χ0v) is 14.1. The van der Waals surface area contributed by atoms with Gasteiger partial charge in [-0.1, -0.05) is 56.7 Å². The Kier molecular flexibility index (Phi) is 6.01. The largest absolute Gasteiger partial charge is 0.321 e. The zero-order chi connectivity index (χ0) is 16.0. The standard InChI is InChI=1S/C18H28N2O/c1-14(2)20(13-16-10-8-7-9-11-16)17(21)19-12-15(3)18(4,5)6/h7-12,14H,13H2,1-6H3,(H,19,21)/b15-12+. The lowest BCUT2D eigenvalue weighted by molar-refractivity contribution is 0.183. The minimum absolute atomic E-state index is 0.0579. The van der Waals surface area contributed by atoms with Gasteiger partial charge in [-0.15, -0.1) is 0 Å². The Labute approximate surface area is 129 Å². The first-order valence-electron chi connectivity index (χ1n) is 7.50. The number of nitrogens with zero attached hydrogens (tertiary/aromatic N) is 1. The van der Waals surface area contributed by atoms with Crippen LogP contribution in [0.5, 0.6) is 0 Å². The van der Waals surface area contributed by atoms with Gasteiger partial charge in [-0.3, -0.25) is 0 Å². The van der Waals surface area contributed by atoms with E-state index in [2.05, 4.69) is 26.1 Å². The highest BCUT2D eigenvalue weighted by Gasteiger charge is 2.17. The van der Waals surface area contributed by atoms with E-state index in [0.29, 0.717) is 6.54 Å². The number of carbonyl (C=O) groups is 1. The van der Waals surface area contributed by atoms with Crippen LogP contribution < -0.4 is 5.32 Å². The number of amides is 2. The third kappa shape index (κ3) is 5.62. The van der Waals surface area contributed by atoms with Gasteiger partial charge < -0.3 is 10.2 Å². The van der Waals surface area contributed by atoms with Crippen LogP contribution in [0.3, 0.4) is 0 Å². The number of hydrogen-bond donors (Lipinski definition) is 1. The average molecular weight is 288 g/mol. The van der Waals surface area contributed by atoms with E-state index in [1.165, 1.54) is 0 Å². The van der Waals surface area contributed by atoms with Crippen molar-refractivity contribution in [2.24, 2.45) is 5.41 Å². The molecular weight excluding hydrogens is 260 g/mol. The molecule has 0 heterocycles. The SMILES string of the molecule is C/C(=C\NC(=O)N(Cc1ccccc1)C(C)C)C(C)(C)C. The molecule has 3 heteroatoms. The summed E-state index contributed by atoms with van der Waals surface area (Å²) in [5.74, 6) is 0. The van der Waals surface area contributed by atoms with E-state index in [-0.39, 0.29) is 17.5 Å². The lowest BCUT2D eigenvalue weighted by atomic mass is 9.88. The Balaban J connectivity index is 2.75. The van der Waals surface area contributed by atoms with Crippen LogP contribution in [-0.4, -0.2) is 17.0 Å². The Morgan fingerprint density at radius 1 is 1.24 bits per heavy atom. The number of nitrogens with one attached hydrogen (secondary N) is 1. The molecule has 2 amide bonds. The molecule has 0 aliphatic rings. The number of rotatable bonds is 4. The molecule has 1 rings (SSSR count). The molecule has 21 heavy (non-hydrogen) atoms. The monoisotopic (exact) mass is 288 g/mol. The van der Waals surface area contributed by atoms with Crippen LogP contribution in [0.25, 0.3) is 0 Å². The summed E-state index contributed by atoms with van der Waals surface area (Å²) in [4.78, 5) is 14.2. The molecule has 0 saturated heterocycles. The first kappa shape index (κ1) is 17.3. The Hall–Kier alpha value is -1.77. The van der Waals surface area contributed by atoms with Crippen LogP contribution >= 0.6 is 0 Å². The van der Waals surface area contributed by atoms with Crippen molar-refractivity contribution in [3.63, 3.8) is 0 Å². The number of urea groups is 1. The molecule has 0 radical (unpaired) electrons. The smallest absolute Gasteiger partial charge is 0.318 e. The van der Waals surface area contributed by atoms with Crippen molar-refractivity contribution in [1.82, 2.24) is 10.2 Å². The number of allylic oxidation sites excluding steroid dienone is 1. The molecule has 0 aliphatic heterocycles. The third-order valence-corrected chi connectivity index (χ3v) is 3.68. The van der Waals surface area contributed by atoms with Gasteiger partial charge in [0.2, 0.25) is 0 Å². The molecule has 0 saturated carbocycles. The summed E-state index contributed by atoms with van der Waals surface area (Å²) < 4.78 is 0. The van der Waals surface area contributed by atoms with E-state index in [1.807, 2.05) is 62.2 Å². The molecule has 0 aliphatic carbocycles. The predicted octanol–water partition coefficient (Wildman–Crippen LogP) is 4.56. The number of hydrogen-bond acceptors (Lipinski definition) is 1. The van der Waals surface area contributed by atoms with Crippen LogP contribution in [0.1, 0.15) is 47.1 Å². The second-order valence-corrected chi connectivity index (χ2v) is 6.73. The highest BCUT2D eigenvalue weighted by Crippen LogP contribution is 2.23. The molecule has 116 valence electrons. The van der Waals surface area contributed by atoms with Crippen molar-refractivity contribution in [3.05, 3.63) is 47.7 Å². The number of carbonyl (C=O) groups excluding carboxylic acids is 1. The third-order valence-electron chi connectivity index (χ3n) is 3.68. The van der Waals surface area contributed by atoms with Gasteiger partial charge in [0.1, 0.15) is 0 Å². The minimum Gasteiger partial charge on any atom is -0.318 e.